The number of benzene rings is 1. The first-order valence-corrected chi connectivity index (χ1v) is 16.6. The van der Waals surface area contributed by atoms with Crippen LogP contribution >= 0.6 is 0 Å². The fourth-order valence-corrected chi connectivity index (χ4v) is 7.21. The van der Waals surface area contributed by atoms with Crippen molar-refractivity contribution in [1.82, 2.24) is 14.7 Å². The highest BCUT2D eigenvalue weighted by Gasteiger charge is 2.41. The van der Waals surface area contributed by atoms with E-state index in [2.05, 4.69) is 87.4 Å². The predicted molar refractivity (Wildman–Crippen MR) is 172 cm³/mol. The third-order valence-corrected chi connectivity index (χ3v) is 10.0. The molecule has 0 spiro atoms. The molecule has 0 radical (unpaired) electrons. The van der Waals surface area contributed by atoms with Crippen LogP contribution in [0, 0.1) is 5.92 Å². The largest absolute Gasteiger partial charge is 0.365 e. The van der Waals surface area contributed by atoms with Crippen LogP contribution in [-0.4, -0.2) is 36.4 Å². The van der Waals surface area contributed by atoms with Crippen LogP contribution in [0.5, 0.6) is 0 Å². The number of sulfonamides is 1. The summed E-state index contributed by atoms with van der Waals surface area (Å²) in [4.78, 5) is 25.2. The van der Waals surface area contributed by atoms with E-state index in [4.69, 9.17) is 4.98 Å². The molecule has 1 fully saturated rings. The van der Waals surface area contributed by atoms with E-state index >= 15 is 0 Å². The topological polar surface area (TPSA) is 104 Å². The van der Waals surface area contributed by atoms with Crippen molar-refractivity contribution in [2.75, 3.05) is 16.8 Å². The van der Waals surface area contributed by atoms with Crippen LogP contribution in [0.3, 0.4) is 0 Å². The Morgan fingerprint density at radius 1 is 0.930 bits per heavy atom. The van der Waals surface area contributed by atoms with Crippen molar-refractivity contribution >= 4 is 27.4 Å². The van der Waals surface area contributed by atoms with Crippen LogP contribution in [0.15, 0.2) is 59.8 Å². The number of nitrogens with one attached hydrogen (secondary N) is 2. The van der Waals surface area contributed by atoms with Gasteiger partial charge in [0, 0.05) is 18.3 Å². The number of carbonyl (C=O) groups is 1. The molecule has 1 unspecified atom stereocenters. The molecule has 2 atom stereocenters. The predicted octanol–water partition coefficient (Wildman–Crippen LogP) is 6.74. The second-order valence-electron chi connectivity index (χ2n) is 14.8. The van der Waals surface area contributed by atoms with Crippen molar-refractivity contribution in [2.45, 2.75) is 102 Å². The lowest BCUT2D eigenvalue weighted by Gasteiger charge is -2.36. The van der Waals surface area contributed by atoms with E-state index in [0.717, 1.165) is 42.8 Å². The van der Waals surface area contributed by atoms with Gasteiger partial charge in [0.15, 0.2) is 5.03 Å². The first-order valence-electron chi connectivity index (χ1n) is 15.1. The molecule has 4 heterocycles. The van der Waals surface area contributed by atoms with Gasteiger partial charge in [0.05, 0.1) is 23.0 Å². The summed E-state index contributed by atoms with van der Waals surface area (Å²) in [5.41, 5.74) is 3.85. The molecule has 3 aromatic rings. The van der Waals surface area contributed by atoms with Crippen LogP contribution in [0.1, 0.15) is 108 Å². The summed E-state index contributed by atoms with van der Waals surface area (Å²) in [6.07, 6.45) is 4.51. The molecule has 1 saturated heterocycles. The molecule has 0 saturated carbocycles. The zero-order valence-electron chi connectivity index (χ0n) is 26.7. The standard InChI is InChI=1S/C34H45N5O3S/c1-32(2,3)23-13-14-25-28(19-23)39-21-22(20-34(39,7)8)12-15-26(27-18-24(16-17-35-27)33(4,5)6)36-29-10-9-11-30(37-29)43(41,42)38-31(25)40/h9-11,13-14,16-19,22,26H,12,15,20-21H2,1-8H3,(H,36,37)(H,38,40)/t22-,26?/m0/s1. The number of carbonyl (C=O) groups excluding carboxylic acids is 1. The molecule has 0 aliphatic carbocycles. The number of aromatic nitrogens is 2. The normalized spacial score (nSPS) is 22.0. The van der Waals surface area contributed by atoms with E-state index in [1.165, 1.54) is 11.6 Å². The summed E-state index contributed by atoms with van der Waals surface area (Å²) in [7, 11) is -4.25. The monoisotopic (exact) mass is 603 g/mol. The SMILES string of the molecule is CC(C)(C)c1ccnc(C2CC[C@@H]3CN(c4cc(C(C)(C)C)ccc4C(=O)NS(=O)(=O)c4cccc(n4)N2)C(C)(C)C3)c1. The average molecular weight is 604 g/mol. The Hall–Kier alpha value is -3.46. The van der Waals surface area contributed by atoms with Gasteiger partial charge in [-0.15, -0.1) is 0 Å². The van der Waals surface area contributed by atoms with Crippen LogP contribution in [-0.2, 0) is 20.9 Å². The molecule has 43 heavy (non-hydrogen) atoms. The van der Waals surface area contributed by atoms with Crippen LogP contribution < -0.4 is 14.9 Å². The van der Waals surface area contributed by atoms with Gasteiger partial charge in [-0.1, -0.05) is 53.7 Å². The maximum Gasteiger partial charge on any atom is 0.281 e. The van der Waals surface area contributed by atoms with E-state index in [1.807, 2.05) is 18.3 Å². The number of fused-ring (bicyclic) bond motifs is 6. The Bertz CT molecular complexity index is 1640. The lowest BCUT2D eigenvalue weighted by Crippen LogP contribution is -2.40. The van der Waals surface area contributed by atoms with E-state index in [1.54, 1.807) is 18.2 Å². The van der Waals surface area contributed by atoms with Crippen molar-refractivity contribution in [3.8, 4) is 0 Å². The third-order valence-electron chi connectivity index (χ3n) is 8.77. The van der Waals surface area contributed by atoms with Gasteiger partial charge in [0.2, 0.25) is 0 Å². The summed E-state index contributed by atoms with van der Waals surface area (Å²) in [5.74, 6) is 0.125. The number of amides is 1. The molecule has 230 valence electrons. The minimum absolute atomic E-state index is 0.0444. The quantitative estimate of drug-likeness (QED) is 0.317. The van der Waals surface area contributed by atoms with Crippen molar-refractivity contribution in [3.05, 3.63) is 77.1 Å². The first-order chi connectivity index (χ1) is 19.9. The lowest BCUT2D eigenvalue weighted by molar-refractivity contribution is 0.0981. The molecular formula is C34H45N5O3S. The highest BCUT2D eigenvalue weighted by Crippen LogP contribution is 2.42. The van der Waals surface area contributed by atoms with Gasteiger partial charge in [0.25, 0.3) is 15.9 Å². The Balaban J connectivity index is 1.62. The Morgan fingerprint density at radius 3 is 2.33 bits per heavy atom. The van der Waals surface area contributed by atoms with Crippen molar-refractivity contribution < 1.29 is 13.2 Å². The molecular weight excluding hydrogens is 558 g/mol. The van der Waals surface area contributed by atoms with Crippen LogP contribution in [0.4, 0.5) is 11.5 Å². The van der Waals surface area contributed by atoms with Gasteiger partial charge in [-0.05, 0) is 97.4 Å². The molecule has 2 aliphatic heterocycles. The second-order valence-corrected chi connectivity index (χ2v) is 16.4. The fourth-order valence-electron chi connectivity index (χ4n) is 6.27. The maximum atomic E-state index is 13.7. The van der Waals surface area contributed by atoms with Gasteiger partial charge < -0.3 is 10.2 Å². The highest BCUT2D eigenvalue weighted by molar-refractivity contribution is 7.90. The minimum Gasteiger partial charge on any atom is -0.365 e. The summed E-state index contributed by atoms with van der Waals surface area (Å²) >= 11 is 0. The zero-order chi connectivity index (χ0) is 31.4. The second kappa shape index (κ2) is 10.9. The van der Waals surface area contributed by atoms with Gasteiger partial charge in [-0.3, -0.25) is 9.78 Å². The van der Waals surface area contributed by atoms with Gasteiger partial charge >= 0.3 is 0 Å². The van der Waals surface area contributed by atoms with E-state index in [9.17, 15) is 13.2 Å². The van der Waals surface area contributed by atoms with Crippen molar-refractivity contribution in [1.29, 1.82) is 0 Å². The molecule has 8 nitrogen and oxygen atoms in total. The third kappa shape index (κ3) is 6.56. The smallest absolute Gasteiger partial charge is 0.281 e. The van der Waals surface area contributed by atoms with E-state index < -0.39 is 15.9 Å². The summed E-state index contributed by atoms with van der Waals surface area (Å²) in [6, 6.07) is 14.6. The Morgan fingerprint density at radius 2 is 1.63 bits per heavy atom. The molecule has 1 aromatic carbocycles. The Labute approximate surface area is 256 Å². The fraction of sp³-hybridized carbons (Fsp3) is 0.500. The number of hydrogen-bond donors (Lipinski definition) is 2. The van der Waals surface area contributed by atoms with E-state index in [0.29, 0.717) is 17.3 Å². The summed E-state index contributed by atoms with van der Waals surface area (Å²) in [6.45, 7) is 18.1. The Kier molecular flexibility index (Phi) is 7.86. The molecule has 1 amide bonds. The lowest BCUT2D eigenvalue weighted by atomic mass is 9.85. The average Bonchev–Trinajstić information content (AvgIpc) is 3.23. The first kappa shape index (κ1) is 31.0. The molecule has 9 heteroatoms. The molecule has 2 aliphatic rings. The number of pyridine rings is 2. The van der Waals surface area contributed by atoms with E-state index in [-0.39, 0.29) is 27.4 Å². The van der Waals surface area contributed by atoms with Gasteiger partial charge in [0.1, 0.15) is 5.82 Å². The molecule has 4 bridgehead atoms. The minimum atomic E-state index is -4.25. The summed E-state index contributed by atoms with van der Waals surface area (Å²) in [5, 5.41) is 3.27. The van der Waals surface area contributed by atoms with Gasteiger partial charge in [-0.2, -0.15) is 8.42 Å². The number of rotatable bonds is 1. The van der Waals surface area contributed by atoms with Crippen molar-refractivity contribution in [2.24, 2.45) is 5.92 Å². The maximum absolute atomic E-state index is 13.7. The van der Waals surface area contributed by atoms with Crippen molar-refractivity contribution in [3.63, 3.8) is 0 Å². The summed E-state index contributed by atoms with van der Waals surface area (Å²) < 4.78 is 29.3. The highest BCUT2D eigenvalue weighted by atomic mass is 32.2. The number of hydrogen-bond acceptors (Lipinski definition) is 7. The van der Waals surface area contributed by atoms with Crippen LogP contribution in [0.2, 0.25) is 0 Å². The van der Waals surface area contributed by atoms with Gasteiger partial charge in [-0.25, -0.2) is 9.71 Å². The zero-order valence-corrected chi connectivity index (χ0v) is 27.5. The molecule has 2 N–H and O–H groups in total. The molecule has 5 rings (SSSR count). The molecule has 2 aromatic heterocycles. The number of nitrogens with zero attached hydrogens (tertiary/aromatic N) is 3. The number of anilines is 2. The van der Waals surface area contributed by atoms with Crippen LogP contribution in [0.25, 0.3) is 0 Å².